The molecule has 5 rings (SSSR count). The van der Waals surface area contributed by atoms with Crippen LogP contribution in [0.1, 0.15) is 36.6 Å². The van der Waals surface area contributed by atoms with Gasteiger partial charge in [0.15, 0.2) is 0 Å². The highest BCUT2D eigenvalue weighted by atomic mass is 32.2. The van der Waals surface area contributed by atoms with Gasteiger partial charge in [0.05, 0.1) is 18.8 Å². The van der Waals surface area contributed by atoms with E-state index in [4.69, 9.17) is 19.6 Å². The SMILES string of the molecule is CCOC(=O)C1=C(C)Nc2nc(SCc3ccccc3)nn2C1c1ccc(OCCc2ccccc2)cc1. The molecule has 0 saturated heterocycles. The molecule has 4 aromatic rings. The molecule has 38 heavy (non-hydrogen) atoms. The summed E-state index contributed by atoms with van der Waals surface area (Å²) in [4.78, 5) is 17.8. The number of aromatic nitrogens is 3. The minimum Gasteiger partial charge on any atom is -0.493 e. The zero-order valence-corrected chi connectivity index (χ0v) is 22.3. The Morgan fingerprint density at radius 2 is 1.66 bits per heavy atom. The second-order valence-corrected chi connectivity index (χ2v) is 9.82. The number of hydrogen-bond acceptors (Lipinski definition) is 7. The zero-order valence-electron chi connectivity index (χ0n) is 21.5. The smallest absolute Gasteiger partial charge is 0.338 e. The van der Waals surface area contributed by atoms with Crippen LogP contribution in [-0.2, 0) is 21.7 Å². The highest BCUT2D eigenvalue weighted by Crippen LogP contribution is 2.37. The maximum Gasteiger partial charge on any atom is 0.338 e. The standard InChI is InChI=1S/C30H30N4O3S/c1-3-36-28(35)26-21(2)31-29-32-30(38-20-23-12-8-5-9-13-23)33-34(29)27(26)24-14-16-25(17-15-24)37-19-18-22-10-6-4-7-11-22/h4-17,27H,3,18-20H2,1-2H3,(H,31,32,33). The number of esters is 1. The van der Waals surface area contributed by atoms with Crippen molar-refractivity contribution in [1.29, 1.82) is 0 Å². The lowest BCUT2D eigenvalue weighted by atomic mass is 9.96. The van der Waals surface area contributed by atoms with E-state index in [2.05, 4.69) is 29.6 Å². The maximum absolute atomic E-state index is 13.1. The van der Waals surface area contributed by atoms with Crippen LogP contribution in [0.3, 0.4) is 0 Å². The van der Waals surface area contributed by atoms with Gasteiger partial charge in [0, 0.05) is 17.9 Å². The second-order valence-electron chi connectivity index (χ2n) is 8.88. The van der Waals surface area contributed by atoms with Crippen molar-refractivity contribution in [2.24, 2.45) is 0 Å². The molecule has 3 aromatic carbocycles. The van der Waals surface area contributed by atoms with E-state index in [0.29, 0.717) is 35.6 Å². The van der Waals surface area contributed by atoms with Crippen LogP contribution in [0.4, 0.5) is 5.95 Å². The molecule has 194 valence electrons. The predicted molar refractivity (Wildman–Crippen MR) is 149 cm³/mol. The molecule has 0 amide bonds. The summed E-state index contributed by atoms with van der Waals surface area (Å²) in [6.45, 7) is 4.55. The Hall–Kier alpha value is -4.04. The predicted octanol–water partition coefficient (Wildman–Crippen LogP) is 6.04. The number of nitrogens with zero attached hydrogens (tertiary/aromatic N) is 3. The van der Waals surface area contributed by atoms with E-state index in [1.54, 1.807) is 23.4 Å². The quantitative estimate of drug-likeness (QED) is 0.199. The summed E-state index contributed by atoms with van der Waals surface area (Å²) >= 11 is 1.56. The minimum atomic E-state index is -0.470. The Kier molecular flexibility index (Phi) is 8.09. The fraction of sp³-hybridized carbons (Fsp3) is 0.233. The summed E-state index contributed by atoms with van der Waals surface area (Å²) in [5.41, 5.74) is 4.55. The third kappa shape index (κ3) is 5.92. The Labute approximate surface area is 226 Å². The van der Waals surface area contributed by atoms with Gasteiger partial charge in [-0.3, -0.25) is 0 Å². The molecular weight excluding hydrogens is 496 g/mol. The van der Waals surface area contributed by atoms with Crippen LogP contribution < -0.4 is 10.1 Å². The van der Waals surface area contributed by atoms with Crippen LogP contribution in [0.5, 0.6) is 5.75 Å². The number of carbonyl (C=O) groups is 1. The third-order valence-corrected chi connectivity index (χ3v) is 7.15. The Balaban J connectivity index is 1.37. The number of allylic oxidation sites excluding steroid dienone is 1. The average Bonchev–Trinajstić information content (AvgIpc) is 3.35. The highest BCUT2D eigenvalue weighted by molar-refractivity contribution is 7.98. The number of thioether (sulfide) groups is 1. The van der Waals surface area contributed by atoms with Crippen molar-refractivity contribution in [2.45, 2.75) is 37.2 Å². The summed E-state index contributed by atoms with van der Waals surface area (Å²) in [5, 5.41) is 8.68. The lowest BCUT2D eigenvalue weighted by molar-refractivity contribution is -0.139. The summed E-state index contributed by atoms with van der Waals surface area (Å²) in [7, 11) is 0. The first kappa shape index (κ1) is 25.6. The number of hydrogen-bond donors (Lipinski definition) is 1. The maximum atomic E-state index is 13.1. The molecule has 0 radical (unpaired) electrons. The molecule has 7 nitrogen and oxygen atoms in total. The zero-order chi connectivity index (χ0) is 26.3. The first-order valence-electron chi connectivity index (χ1n) is 12.7. The summed E-state index contributed by atoms with van der Waals surface area (Å²) < 4.78 is 13.2. The van der Waals surface area contributed by atoms with E-state index >= 15 is 0 Å². The minimum absolute atomic E-state index is 0.291. The molecular formula is C30H30N4O3S. The molecule has 0 saturated carbocycles. The van der Waals surface area contributed by atoms with Gasteiger partial charge in [-0.05, 0) is 42.7 Å². The number of nitrogens with one attached hydrogen (secondary N) is 1. The van der Waals surface area contributed by atoms with Gasteiger partial charge in [0.1, 0.15) is 11.8 Å². The van der Waals surface area contributed by atoms with Crippen molar-refractivity contribution in [1.82, 2.24) is 14.8 Å². The molecule has 0 aliphatic carbocycles. The molecule has 1 aliphatic heterocycles. The van der Waals surface area contributed by atoms with Crippen LogP contribution >= 0.6 is 11.8 Å². The largest absolute Gasteiger partial charge is 0.493 e. The van der Waals surface area contributed by atoms with E-state index in [1.807, 2.05) is 67.6 Å². The molecule has 0 spiro atoms. The number of ether oxygens (including phenoxy) is 2. The Bertz CT molecular complexity index is 1400. The fourth-order valence-corrected chi connectivity index (χ4v) is 5.16. The summed E-state index contributed by atoms with van der Waals surface area (Å²) in [6, 6.07) is 27.8. The number of rotatable bonds is 10. The topological polar surface area (TPSA) is 78.3 Å². The Morgan fingerprint density at radius 1 is 0.974 bits per heavy atom. The third-order valence-electron chi connectivity index (χ3n) is 6.24. The summed E-state index contributed by atoms with van der Waals surface area (Å²) in [6.07, 6.45) is 0.831. The van der Waals surface area contributed by atoms with Gasteiger partial charge in [0.2, 0.25) is 11.1 Å². The number of carbonyl (C=O) groups excluding carboxylic acids is 1. The lowest BCUT2D eigenvalue weighted by Gasteiger charge is -2.28. The first-order valence-corrected chi connectivity index (χ1v) is 13.7. The van der Waals surface area contributed by atoms with Gasteiger partial charge in [-0.25, -0.2) is 9.48 Å². The lowest BCUT2D eigenvalue weighted by Crippen LogP contribution is -2.29. The van der Waals surface area contributed by atoms with Crippen LogP contribution in [0.2, 0.25) is 0 Å². The average molecular weight is 527 g/mol. The van der Waals surface area contributed by atoms with Crippen molar-refractivity contribution in [3.63, 3.8) is 0 Å². The van der Waals surface area contributed by atoms with E-state index in [9.17, 15) is 4.79 Å². The van der Waals surface area contributed by atoms with Crippen LogP contribution in [0.15, 0.2) is 101 Å². The number of anilines is 1. The van der Waals surface area contributed by atoms with Crippen LogP contribution in [-0.4, -0.2) is 33.9 Å². The van der Waals surface area contributed by atoms with Crippen molar-refractivity contribution >= 4 is 23.7 Å². The van der Waals surface area contributed by atoms with E-state index in [1.165, 1.54) is 11.1 Å². The molecule has 0 fully saturated rings. The molecule has 1 atom stereocenters. The molecule has 1 aliphatic rings. The molecule has 1 unspecified atom stereocenters. The van der Waals surface area contributed by atoms with E-state index in [-0.39, 0.29) is 5.97 Å². The van der Waals surface area contributed by atoms with Crippen molar-refractivity contribution in [3.8, 4) is 5.75 Å². The van der Waals surface area contributed by atoms with Crippen molar-refractivity contribution in [2.75, 3.05) is 18.5 Å². The van der Waals surface area contributed by atoms with Crippen molar-refractivity contribution in [3.05, 3.63) is 113 Å². The van der Waals surface area contributed by atoms with Crippen LogP contribution in [0.25, 0.3) is 0 Å². The van der Waals surface area contributed by atoms with Crippen LogP contribution in [0, 0.1) is 0 Å². The second kappa shape index (κ2) is 12.0. The molecule has 1 aromatic heterocycles. The molecule has 1 N–H and O–H groups in total. The van der Waals surface area contributed by atoms with Gasteiger partial charge >= 0.3 is 5.97 Å². The van der Waals surface area contributed by atoms with E-state index < -0.39 is 6.04 Å². The highest BCUT2D eigenvalue weighted by Gasteiger charge is 2.35. The van der Waals surface area contributed by atoms with Crippen molar-refractivity contribution < 1.29 is 14.3 Å². The van der Waals surface area contributed by atoms with E-state index in [0.717, 1.165) is 23.5 Å². The van der Waals surface area contributed by atoms with Gasteiger partial charge in [-0.2, -0.15) is 4.98 Å². The Morgan fingerprint density at radius 3 is 2.34 bits per heavy atom. The fourth-order valence-electron chi connectivity index (χ4n) is 4.37. The molecule has 2 heterocycles. The normalized spacial score (nSPS) is 14.5. The molecule has 8 heteroatoms. The number of fused-ring (bicyclic) bond motifs is 1. The first-order chi connectivity index (χ1) is 18.6. The van der Waals surface area contributed by atoms with Gasteiger partial charge in [-0.15, -0.1) is 5.10 Å². The van der Waals surface area contributed by atoms with Gasteiger partial charge in [-0.1, -0.05) is 84.6 Å². The molecule has 0 bridgehead atoms. The monoisotopic (exact) mass is 526 g/mol. The van der Waals surface area contributed by atoms with Gasteiger partial charge < -0.3 is 14.8 Å². The number of benzene rings is 3. The summed E-state index contributed by atoms with van der Waals surface area (Å²) in [5.74, 6) is 1.75. The van der Waals surface area contributed by atoms with Gasteiger partial charge in [0.25, 0.3) is 0 Å².